The van der Waals surface area contributed by atoms with E-state index < -0.39 is 5.60 Å². The van der Waals surface area contributed by atoms with Gasteiger partial charge in [-0.1, -0.05) is 30.3 Å². The molecule has 1 atom stereocenters. The van der Waals surface area contributed by atoms with Gasteiger partial charge in [-0.25, -0.2) is 0 Å². The van der Waals surface area contributed by atoms with Crippen LogP contribution in [0.3, 0.4) is 0 Å². The predicted molar refractivity (Wildman–Crippen MR) is 70.5 cm³/mol. The molecule has 4 heteroatoms. The number of ether oxygens (including phenoxy) is 1. The van der Waals surface area contributed by atoms with Crippen LogP contribution in [0.4, 0.5) is 0 Å². The SMILES string of the molecule is Cl.NCC(c1ccccc1)C1(O)CCOCC1. The van der Waals surface area contributed by atoms with Crippen LogP contribution in [-0.4, -0.2) is 30.5 Å². The molecule has 3 N–H and O–H groups in total. The van der Waals surface area contributed by atoms with Gasteiger partial charge in [0.1, 0.15) is 0 Å². The Labute approximate surface area is 108 Å². The van der Waals surface area contributed by atoms with Gasteiger partial charge in [0.25, 0.3) is 0 Å². The van der Waals surface area contributed by atoms with Crippen molar-refractivity contribution >= 4 is 12.4 Å². The molecule has 1 unspecified atom stereocenters. The largest absolute Gasteiger partial charge is 0.389 e. The zero-order chi connectivity index (χ0) is 11.4. The first-order chi connectivity index (χ1) is 7.76. The second-order valence-electron chi connectivity index (χ2n) is 4.41. The predicted octanol–water partition coefficient (Wildman–Crippen LogP) is 1.69. The van der Waals surface area contributed by atoms with Crippen LogP contribution in [0.15, 0.2) is 30.3 Å². The Balaban J connectivity index is 0.00000144. The minimum absolute atomic E-state index is 0. The van der Waals surface area contributed by atoms with Crippen molar-refractivity contribution in [1.82, 2.24) is 0 Å². The Morgan fingerprint density at radius 1 is 1.24 bits per heavy atom. The van der Waals surface area contributed by atoms with Crippen molar-refractivity contribution in [2.75, 3.05) is 19.8 Å². The average molecular weight is 258 g/mol. The van der Waals surface area contributed by atoms with Gasteiger partial charge in [0.05, 0.1) is 5.60 Å². The molecule has 96 valence electrons. The van der Waals surface area contributed by atoms with Gasteiger partial charge in [-0.15, -0.1) is 12.4 Å². The molecule has 1 saturated heterocycles. The molecule has 1 aromatic carbocycles. The van der Waals surface area contributed by atoms with E-state index in [1.54, 1.807) is 0 Å². The van der Waals surface area contributed by atoms with E-state index in [1.807, 2.05) is 30.3 Å². The summed E-state index contributed by atoms with van der Waals surface area (Å²) in [4.78, 5) is 0. The van der Waals surface area contributed by atoms with Crippen LogP contribution < -0.4 is 5.73 Å². The van der Waals surface area contributed by atoms with Crippen molar-refractivity contribution in [3.8, 4) is 0 Å². The van der Waals surface area contributed by atoms with Crippen LogP contribution in [0.25, 0.3) is 0 Å². The van der Waals surface area contributed by atoms with Crippen LogP contribution >= 0.6 is 12.4 Å². The molecule has 1 aromatic rings. The molecule has 0 aromatic heterocycles. The number of halogens is 1. The third-order valence-corrected chi connectivity index (χ3v) is 3.44. The summed E-state index contributed by atoms with van der Waals surface area (Å²) in [6, 6.07) is 10.0. The molecular formula is C13H20ClNO2. The molecule has 17 heavy (non-hydrogen) atoms. The standard InChI is InChI=1S/C13H19NO2.ClH/c14-10-12(11-4-2-1-3-5-11)13(15)6-8-16-9-7-13;/h1-5,12,15H,6-10,14H2;1H. The number of hydrogen-bond acceptors (Lipinski definition) is 3. The van der Waals surface area contributed by atoms with Crippen molar-refractivity contribution in [2.24, 2.45) is 5.73 Å². The zero-order valence-electron chi connectivity index (χ0n) is 9.84. The maximum Gasteiger partial charge on any atom is 0.0771 e. The van der Waals surface area contributed by atoms with E-state index in [4.69, 9.17) is 10.5 Å². The van der Waals surface area contributed by atoms with Gasteiger partial charge >= 0.3 is 0 Å². The Kier molecular flexibility index (Phi) is 5.40. The second kappa shape index (κ2) is 6.36. The lowest BCUT2D eigenvalue weighted by Crippen LogP contribution is -2.44. The zero-order valence-corrected chi connectivity index (χ0v) is 10.7. The van der Waals surface area contributed by atoms with E-state index in [-0.39, 0.29) is 18.3 Å². The number of benzene rings is 1. The van der Waals surface area contributed by atoms with Crippen LogP contribution in [0.1, 0.15) is 24.3 Å². The van der Waals surface area contributed by atoms with Gasteiger partial charge in [-0.2, -0.15) is 0 Å². The fourth-order valence-electron chi connectivity index (χ4n) is 2.42. The fourth-order valence-corrected chi connectivity index (χ4v) is 2.42. The van der Waals surface area contributed by atoms with Crippen molar-refractivity contribution in [2.45, 2.75) is 24.4 Å². The highest BCUT2D eigenvalue weighted by Gasteiger charge is 2.38. The number of nitrogens with two attached hydrogens (primary N) is 1. The van der Waals surface area contributed by atoms with Crippen LogP contribution in [-0.2, 0) is 4.74 Å². The van der Waals surface area contributed by atoms with E-state index >= 15 is 0 Å². The summed E-state index contributed by atoms with van der Waals surface area (Å²) >= 11 is 0. The number of rotatable bonds is 3. The van der Waals surface area contributed by atoms with E-state index in [2.05, 4.69) is 0 Å². The fraction of sp³-hybridized carbons (Fsp3) is 0.538. The van der Waals surface area contributed by atoms with Crippen molar-refractivity contribution in [3.05, 3.63) is 35.9 Å². The number of aliphatic hydroxyl groups is 1. The van der Waals surface area contributed by atoms with Gasteiger partial charge < -0.3 is 15.6 Å². The third kappa shape index (κ3) is 3.19. The lowest BCUT2D eigenvalue weighted by molar-refractivity contribution is -0.0783. The lowest BCUT2D eigenvalue weighted by Gasteiger charge is -2.38. The Morgan fingerprint density at radius 3 is 2.35 bits per heavy atom. The molecule has 0 aliphatic carbocycles. The van der Waals surface area contributed by atoms with Gasteiger partial charge in [0.2, 0.25) is 0 Å². The first-order valence-electron chi connectivity index (χ1n) is 5.81. The quantitative estimate of drug-likeness (QED) is 0.867. The third-order valence-electron chi connectivity index (χ3n) is 3.44. The summed E-state index contributed by atoms with van der Waals surface area (Å²) in [6.07, 6.45) is 1.34. The summed E-state index contributed by atoms with van der Waals surface area (Å²) in [7, 11) is 0. The molecule has 0 amide bonds. The van der Waals surface area contributed by atoms with E-state index in [9.17, 15) is 5.11 Å². The minimum Gasteiger partial charge on any atom is -0.389 e. The second-order valence-corrected chi connectivity index (χ2v) is 4.41. The molecule has 1 aliphatic rings. The van der Waals surface area contributed by atoms with E-state index in [1.165, 1.54) is 0 Å². The molecule has 3 nitrogen and oxygen atoms in total. The summed E-state index contributed by atoms with van der Waals surface area (Å²) in [5.74, 6) is 0.0117. The highest BCUT2D eigenvalue weighted by Crippen LogP contribution is 2.35. The molecule has 0 bridgehead atoms. The maximum absolute atomic E-state index is 10.6. The molecule has 0 spiro atoms. The van der Waals surface area contributed by atoms with Gasteiger partial charge in [-0.3, -0.25) is 0 Å². The number of hydrogen-bond donors (Lipinski definition) is 2. The molecular weight excluding hydrogens is 238 g/mol. The van der Waals surface area contributed by atoms with Crippen molar-refractivity contribution in [1.29, 1.82) is 0 Å². The monoisotopic (exact) mass is 257 g/mol. The van der Waals surface area contributed by atoms with Gasteiger partial charge in [-0.05, 0) is 5.56 Å². The lowest BCUT2D eigenvalue weighted by atomic mass is 9.77. The summed E-state index contributed by atoms with van der Waals surface area (Å²) in [5, 5.41) is 10.6. The average Bonchev–Trinajstić information content (AvgIpc) is 2.32. The first kappa shape index (κ1) is 14.5. The first-order valence-corrected chi connectivity index (χ1v) is 5.81. The van der Waals surface area contributed by atoms with Crippen LogP contribution in [0.2, 0.25) is 0 Å². The normalized spacial score (nSPS) is 20.4. The smallest absolute Gasteiger partial charge is 0.0771 e. The topological polar surface area (TPSA) is 55.5 Å². The maximum atomic E-state index is 10.6. The van der Waals surface area contributed by atoms with Crippen molar-refractivity contribution in [3.63, 3.8) is 0 Å². The van der Waals surface area contributed by atoms with E-state index in [0.29, 0.717) is 32.6 Å². The Morgan fingerprint density at radius 2 is 1.82 bits per heavy atom. The summed E-state index contributed by atoms with van der Waals surface area (Å²) in [6.45, 7) is 1.72. The highest BCUT2D eigenvalue weighted by molar-refractivity contribution is 5.85. The van der Waals surface area contributed by atoms with Gasteiger partial charge in [0, 0.05) is 38.5 Å². The minimum atomic E-state index is -0.700. The molecule has 1 fully saturated rings. The van der Waals surface area contributed by atoms with E-state index in [0.717, 1.165) is 5.56 Å². The Bertz CT molecular complexity index is 325. The van der Waals surface area contributed by atoms with Crippen LogP contribution in [0.5, 0.6) is 0 Å². The molecule has 0 saturated carbocycles. The van der Waals surface area contributed by atoms with Gasteiger partial charge in [0.15, 0.2) is 0 Å². The van der Waals surface area contributed by atoms with Crippen molar-refractivity contribution < 1.29 is 9.84 Å². The molecule has 2 rings (SSSR count). The molecule has 0 radical (unpaired) electrons. The highest BCUT2D eigenvalue weighted by atomic mass is 35.5. The summed E-state index contributed by atoms with van der Waals surface area (Å²) in [5.41, 5.74) is 6.24. The molecule has 1 aliphatic heterocycles. The summed E-state index contributed by atoms with van der Waals surface area (Å²) < 4.78 is 5.29. The Hall–Kier alpha value is -0.610. The molecule has 1 heterocycles. The van der Waals surface area contributed by atoms with Crippen LogP contribution in [0, 0.1) is 0 Å².